The number of halogens is 3. The Hall–Kier alpha value is -3.62. The van der Waals surface area contributed by atoms with Crippen LogP contribution >= 0.6 is 0 Å². The molecule has 0 saturated carbocycles. The molecule has 2 aromatic carbocycles. The zero-order chi connectivity index (χ0) is 26.9. The minimum atomic E-state index is -0.691. The van der Waals surface area contributed by atoms with Crippen molar-refractivity contribution in [1.29, 1.82) is 0 Å². The summed E-state index contributed by atoms with van der Waals surface area (Å²) in [5, 5.41) is 0. The lowest BCUT2D eigenvalue weighted by Gasteiger charge is -2.44. The van der Waals surface area contributed by atoms with Crippen LogP contribution in [0.4, 0.5) is 18.9 Å². The van der Waals surface area contributed by atoms with Crippen LogP contribution < -0.4 is 15.4 Å². The largest absolute Gasteiger partial charge is 0.481 e. The van der Waals surface area contributed by atoms with Gasteiger partial charge in [-0.15, -0.1) is 0 Å². The van der Waals surface area contributed by atoms with Crippen LogP contribution in [0.1, 0.15) is 57.5 Å². The molecule has 1 unspecified atom stereocenters. The lowest BCUT2D eigenvalue weighted by atomic mass is 10.00. The number of nitrogens with two attached hydrogens (primary N) is 1. The summed E-state index contributed by atoms with van der Waals surface area (Å²) in [6.07, 6.45) is 2.28. The van der Waals surface area contributed by atoms with E-state index in [4.69, 9.17) is 10.5 Å². The Labute approximate surface area is 214 Å². The maximum absolute atomic E-state index is 15.3. The number of nitrogens with zero attached hydrogens (tertiary/aromatic N) is 3. The van der Waals surface area contributed by atoms with Crippen LogP contribution in [0.3, 0.4) is 0 Å². The summed E-state index contributed by atoms with van der Waals surface area (Å²) in [4.78, 5) is 21.5. The van der Waals surface area contributed by atoms with Gasteiger partial charge in [-0.3, -0.25) is 4.79 Å². The Morgan fingerprint density at radius 2 is 1.92 bits per heavy atom. The number of ether oxygens (including phenoxy) is 1. The van der Waals surface area contributed by atoms with Gasteiger partial charge >= 0.3 is 0 Å². The zero-order valence-electron chi connectivity index (χ0n) is 21.4. The molecular weight excluding hydrogens is 481 g/mol. The Morgan fingerprint density at radius 3 is 2.59 bits per heavy atom. The van der Waals surface area contributed by atoms with Crippen LogP contribution in [0.2, 0.25) is 0 Å². The number of amides is 1. The molecule has 4 rings (SSSR count). The van der Waals surface area contributed by atoms with Gasteiger partial charge in [0.15, 0.2) is 17.4 Å². The fourth-order valence-electron chi connectivity index (χ4n) is 4.48. The van der Waals surface area contributed by atoms with Gasteiger partial charge in [-0.1, -0.05) is 19.1 Å². The van der Waals surface area contributed by atoms with E-state index in [2.05, 4.69) is 28.7 Å². The maximum atomic E-state index is 15.3. The molecule has 6 nitrogen and oxygen atoms in total. The van der Waals surface area contributed by atoms with Crippen LogP contribution in [-0.2, 0) is 17.6 Å². The number of aromatic nitrogens is 2. The lowest BCUT2D eigenvalue weighted by Crippen LogP contribution is -2.50. The summed E-state index contributed by atoms with van der Waals surface area (Å²) in [5.74, 6) is -1.86. The lowest BCUT2D eigenvalue weighted by molar-refractivity contribution is -0.118. The summed E-state index contributed by atoms with van der Waals surface area (Å²) >= 11 is 0. The molecule has 1 aliphatic heterocycles. The Balaban J connectivity index is 1.67. The molecule has 0 radical (unpaired) electrons. The van der Waals surface area contributed by atoms with E-state index in [0.717, 1.165) is 12.6 Å². The fraction of sp³-hybridized carbons (Fsp3) is 0.393. The van der Waals surface area contributed by atoms with E-state index in [1.807, 2.05) is 13.8 Å². The van der Waals surface area contributed by atoms with E-state index < -0.39 is 29.0 Å². The first-order chi connectivity index (χ1) is 17.5. The molecule has 196 valence electrons. The standard InChI is InChI=1S/C28H31F3N4O2/c1-5-16(2)35-15-28(3,4)37-27-21(30)12-19(13-23(27)35)26-22(31)14-33-25(34-26)11-17-6-7-18(20(29)10-17)8-9-24(32)36/h6-7,10,12-14,16H,5,8-9,11,15H2,1-4H3,(H2,32,36). The maximum Gasteiger partial charge on any atom is 0.217 e. The predicted octanol–water partition coefficient (Wildman–Crippen LogP) is 5.35. The first-order valence-electron chi connectivity index (χ1n) is 12.3. The highest BCUT2D eigenvalue weighted by Crippen LogP contribution is 2.43. The van der Waals surface area contributed by atoms with Crippen LogP contribution in [0.5, 0.6) is 5.75 Å². The highest BCUT2D eigenvalue weighted by Gasteiger charge is 2.36. The highest BCUT2D eigenvalue weighted by atomic mass is 19.1. The Kier molecular flexibility index (Phi) is 7.43. The van der Waals surface area contributed by atoms with E-state index in [0.29, 0.717) is 23.4 Å². The third-order valence-electron chi connectivity index (χ3n) is 6.57. The van der Waals surface area contributed by atoms with E-state index in [1.165, 1.54) is 12.1 Å². The molecular formula is C28H31F3N4O2. The van der Waals surface area contributed by atoms with Crippen LogP contribution in [0, 0.1) is 17.5 Å². The van der Waals surface area contributed by atoms with Crippen molar-refractivity contribution in [2.75, 3.05) is 11.4 Å². The van der Waals surface area contributed by atoms with Gasteiger partial charge in [0.25, 0.3) is 0 Å². The van der Waals surface area contributed by atoms with E-state index in [1.54, 1.807) is 18.2 Å². The SMILES string of the molecule is CCC(C)N1CC(C)(C)Oc2c(F)cc(-c3nc(Cc4ccc(CCC(N)=O)c(F)c4)ncc3F)cc21. The molecule has 1 aliphatic rings. The smallest absolute Gasteiger partial charge is 0.217 e. The van der Waals surface area contributed by atoms with Crippen LogP contribution in [0.15, 0.2) is 36.5 Å². The summed E-state index contributed by atoms with van der Waals surface area (Å²) in [7, 11) is 0. The number of aryl methyl sites for hydroxylation is 1. The first-order valence-corrected chi connectivity index (χ1v) is 12.3. The monoisotopic (exact) mass is 512 g/mol. The molecule has 2 N–H and O–H groups in total. The normalized spacial score (nSPS) is 15.2. The summed E-state index contributed by atoms with van der Waals surface area (Å²) < 4.78 is 50.6. The van der Waals surface area contributed by atoms with Crippen molar-refractivity contribution in [1.82, 2.24) is 9.97 Å². The Morgan fingerprint density at radius 1 is 1.16 bits per heavy atom. The third-order valence-corrected chi connectivity index (χ3v) is 6.57. The minimum absolute atomic E-state index is 0.0424. The molecule has 0 fully saturated rings. The molecule has 37 heavy (non-hydrogen) atoms. The molecule has 3 aromatic rings. The highest BCUT2D eigenvalue weighted by molar-refractivity contribution is 5.74. The number of carbonyl (C=O) groups excluding carboxylic acids is 1. The number of primary amides is 1. The average Bonchev–Trinajstić information content (AvgIpc) is 2.83. The molecule has 1 aromatic heterocycles. The Bertz CT molecular complexity index is 1330. The van der Waals surface area contributed by atoms with Gasteiger partial charge in [-0.2, -0.15) is 0 Å². The molecule has 0 aliphatic carbocycles. The number of hydrogen-bond acceptors (Lipinski definition) is 5. The first kappa shape index (κ1) is 26.4. The summed E-state index contributed by atoms with van der Waals surface area (Å²) in [6.45, 7) is 8.47. The van der Waals surface area contributed by atoms with Gasteiger partial charge in [0.1, 0.15) is 22.9 Å². The van der Waals surface area contributed by atoms with Gasteiger partial charge in [0.2, 0.25) is 5.91 Å². The van der Waals surface area contributed by atoms with E-state index >= 15 is 4.39 Å². The summed E-state index contributed by atoms with van der Waals surface area (Å²) in [6, 6.07) is 7.66. The van der Waals surface area contributed by atoms with Crippen molar-refractivity contribution in [2.24, 2.45) is 5.73 Å². The second kappa shape index (κ2) is 10.4. The fourth-order valence-corrected chi connectivity index (χ4v) is 4.48. The predicted molar refractivity (Wildman–Crippen MR) is 136 cm³/mol. The molecule has 0 bridgehead atoms. The quantitative estimate of drug-likeness (QED) is 0.440. The van der Waals surface area contributed by atoms with Gasteiger partial charge in [-0.25, -0.2) is 23.1 Å². The molecule has 2 heterocycles. The number of fused-ring (bicyclic) bond motifs is 1. The minimum Gasteiger partial charge on any atom is -0.481 e. The second-order valence-electron chi connectivity index (χ2n) is 10.1. The van der Waals surface area contributed by atoms with E-state index in [9.17, 15) is 13.6 Å². The van der Waals surface area contributed by atoms with Crippen molar-refractivity contribution < 1.29 is 22.7 Å². The topological polar surface area (TPSA) is 81.3 Å². The van der Waals surface area contributed by atoms with Crippen molar-refractivity contribution in [3.05, 3.63) is 70.9 Å². The van der Waals surface area contributed by atoms with Gasteiger partial charge in [-0.05, 0) is 62.9 Å². The molecule has 9 heteroatoms. The summed E-state index contributed by atoms with van der Waals surface area (Å²) in [5.41, 5.74) is 6.29. The number of benzene rings is 2. The van der Waals surface area contributed by atoms with Gasteiger partial charge < -0.3 is 15.4 Å². The van der Waals surface area contributed by atoms with Gasteiger partial charge in [0.05, 0.1) is 18.4 Å². The molecule has 0 saturated heterocycles. The van der Waals surface area contributed by atoms with Crippen molar-refractivity contribution in [3.63, 3.8) is 0 Å². The van der Waals surface area contributed by atoms with Crippen molar-refractivity contribution >= 4 is 11.6 Å². The van der Waals surface area contributed by atoms with Crippen molar-refractivity contribution in [3.8, 4) is 17.0 Å². The molecule has 1 atom stereocenters. The second-order valence-corrected chi connectivity index (χ2v) is 10.1. The van der Waals surface area contributed by atoms with Gasteiger partial charge in [0, 0.05) is 24.4 Å². The number of carbonyl (C=O) groups is 1. The molecule has 0 spiro atoms. The zero-order valence-corrected chi connectivity index (χ0v) is 21.4. The van der Waals surface area contributed by atoms with Crippen LogP contribution in [-0.4, -0.2) is 34.1 Å². The number of rotatable bonds is 8. The third kappa shape index (κ3) is 5.87. The number of hydrogen-bond donors (Lipinski definition) is 1. The van der Waals surface area contributed by atoms with Crippen LogP contribution in [0.25, 0.3) is 11.3 Å². The molecule has 1 amide bonds. The average molecular weight is 513 g/mol. The van der Waals surface area contributed by atoms with Crippen molar-refractivity contribution in [2.45, 2.75) is 65.0 Å². The van der Waals surface area contributed by atoms with E-state index in [-0.39, 0.29) is 48.1 Å². The number of anilines is 1.